The quantitative estimate of drug-likeness (QED) is 0.734. The normalized spacial score (nSPS) is 10.5. The summed E-state index contributed by atoms with van der Waals surface area (Å²) in [6.07, 6.45) is 2.18. The molecule has 1 N–H and O–H groups in total. The fourth-order valence-electron chi connectivity index (χ4n) is 1.54. The molecule has 0 saturated carbocycles. The average molecular weight is 179 g/mol. The summed E-state index contributed by atoms with van der Waals surface area (Å²) in [7, 11) is 1.89. The fourth-order valence-corrected chi connectivity index (χ4v) is 1.54. The van der Waals surface area contributed by atoms with E-state index < -0.39 is 0 Å². The highest BCUT2D eigenvalue weighted by molar-refractivity contribution is 5.23. The first-order chi connectivity index (χ1) is 6.07. The summed E-state index contributed by atoms with van der Waals surface area (Å²) in [6.45, 7) is 6.20. The van der Waals surface area contributed by atoms with Gasteiger partial charge in [0.15, 0.2) is 0 Å². The lowest BCUT2D eigenvalue weighted by Gasteiger charge is -2.12. The second-order valence-corrected chi connectivity index (χ2v) is 3.39. The maximum absolute atomic E-state index is 7.58. The van der Waals surface area contributed by atoms with Gasteiger partial charge in [0.25, 0.3) is 0 Å². The molecule has 1 aromatic rings. The third-order valence-electron chi connectivity index (χ3n) is 2.47. The zero-order valence-corrected chi connectivity index (χ0v) is 8.81. The van der Waals surface area contributed by atoms with Crippen molar-refractivity contribution in [2.24, 2.45) is 7.05 Å². The van der Waals surface area contributed by atoms with Gasteiger partial charge >= 0.3 is 0 Å². The van der Waals surface area contributed by atoms with E-state index in [9.17, 15) is 0 Å². The average Bonchev–Trinajstić information content (AvgIpc) is 2.09. The van der Waals surface area contributed by atoms with E-state index in [2.05, 4.69) is 18.8 Å². The van der Waals surface area contributed by atoms with Gasteiger partial charge in [-0.05, 0) is 25.8 Å². The molecule has 0 radical (unpaired) electrons. The second kappa shape index (κ2) is 3.73. The van der Waals surface area contributed by atoms with Crippen molar-refractivity contribution in [2.75, 3.05) is 0 Å². The first-order valence-electron chi connectivity index (χ1n) is 4.65. The Morgan fingerprint density at radius 3 is 2.54 bits per heavy atom. The lowest BCUT2D eigenvalue weighted by Crippen LogP contribution is -2.25. The Balaban J connectivity index is 3.35. The summed E-state index contributed by atoms with van der Waals surface area (Å²) in [5.74, 6) is 0. The summed E-state index contributed by atoms with van der Waals surface area (Å²) < 4.78 is 1.83. The molecule has 13 heavy (non-hydrogen) atoms. The number of hydrogen-bond acceptors (Lipinski definition) is 2. The molecule has 0 unspecified atom stereocenters. The molecular formula is C10H17N3. The second-order valence-electron chi connectivity index (χ2n) is 3.39. The third-order valence-corrected chi connectivity index (χ3v) is 2.47. The van der Waals surface area contributed by atoms with E-state index in [0.717, 1.165) is 18.5 Å². The summed E-state index contributed by atoms with van der Waals surface area (Å²) in [5, 5.41) is 7.58. The zero-order valence-electron chi connectivity index (χ0n) is 8.81. The van der Waals surface area contributed by atoms with E-state index in [1.807, 2.05) is 18.5 Å². The van der Waals surface area contributed by atoms with Gasteiger partial charge < -0.3 is 4.57 Å². The number of aryl methyl sites for hydroxylation is 1. The molecule has 0 saturated heterocycles. The van der Waals surface area contributed by atoms with E-state index in [4.69, 9.17) is 5.41 Å². The van der Waals surface area contributed by atoms with Gasteiger partial charge in [0.2, 0.25) is 5.62 Å². The molecule has 0 aromatic carbocycles. The Kier molecular flexibility index (Phi) is 2.86. The van der Waals surface area contributed by atoms with Crippen molar-refractivity contribution in [1.29, 1.82) is 5.41 Å². The summed E-state index contributed by atoms with van der Waals surface area (Å²) in [4.78, 5) is 4.18. The molecule has 0 aliphatic heterocycles. The maximum Gasteiger partial charge on any atom is 0.222 e. The van der Waals surface area contributed by atoms with E-state index in [1.165, 1.54) is 11.3 Å². The molecule has 0 bridgehead atoms. The lowest BCUT2D eigenvalue weighted by molar-refractivity contribution is 0.698. The van der Waals surface area contributed by atoms with Gasteiger partial charge in [-0.2, -0.15) is 0 Å². The van der Waals surface area contributed by atoms with Gasteiger partial charge in [-0.3, -0.25) is 5.41 Å². The highest BCUT2D eigenvalue weighted by Gasteiger charge is 2.05. The Morgan fingerprint density at radius 1 is 1.38 bits per heavy atom. The highest BCUT2D eigenvalue weighted by Crippen LogP contribution is 2.10. The van der Waals surface area contributed by atoms with Crippen molar-refractivity contribution < 1.29 is 0 Å². The van der Waals surface area contributed by atoms with Crippen LogP contribution in [-0.2, 0) is 13.5 Å². The molecule has 0 spiro atoms. The van der Waals surface area contributed by atoms with Crippen LogP contribution in [0.1, 0.15) is 30.3 Å². The van der Waals surface area contributed by atoms with Crippen LogP contribution in [0, 0.1) is 19.3 Å². The Hall–Kier alpha value is -1.12. The van der Waals surface area contributed by atoms with Crippen LogP contribution in [0.2, 0.25) is 0 Å². The van der Waals surface area contributed by atoms with Crippen molar-refractivity contribution in [1.82, 2.24) is 9.55 Å². The first kappa shape index (κ1) is 9.96. The van der Waals surface area contributed by atoms with Crippen molar-refractivity contribution in [3.8, 4) is 0 Å². The van der Waals surface area contributed by atoms with Gasteiger partial charge in [0.05, 0.1) is 0 Å². The third kappa shape index (κ3) is 1.79. The number of aromatic nitrogens is 2. The largest absolute Gasteiger partial charge is 0.318 e. The van der Waals surface area contributed by atoms with Crippen molar-refractivity contribution in [3.05, 3.63) is 22.6 Å². The van der Waals surface area contributed by atoms with Crippen LogP contribution in [0.25, 0.3) is 0 Å². The van der Waals surface area contributed by atoms with Gasteiger partial charge in [-0.15, -0.1) is 0 Å². The zero-order chi connectivity index (χ0) is 10.0. The molecule has 0 aliphatic rings. The summed E-state index contributed by atoms with van der Waals surface area (Å²) >= 11 is 0. The predicted octanol–water partition coefficient (Wildman–Crippen LogP) is 1.47. The lowest BCUT2D eigenvalue weighted by atomic mass is 10.1. The highest BCUT2D eigenvalue weighted by atomic mass is 15.0. The molecule has 1 rings (SSSR count). The topological polar surface area (TPSA) is 41.7 Å². The molecule has 3 heteroatoms. The predicted molar refractivity (Wildman–Crippen MR) is 52.5 cm³/mol. The van der Waals surface area contributed by atoms with E-state index in [-0.39, 0.29) is 0 Å². The van der Waals surface area contributed by atoms with Crippen molar-refractivity contribution >= 4 is 0 Å². The van der Waals surface area contributed by atoms with Gasteiger partial charge in [0, 0.05) is 18.4 Å². The number of hydrogen-bond donors (Lipinski definition) is 1. The Bertz CT molecular complexity index is 363. The van der Waals surface area contributed by atoms with Gasteiger partial charge in [-0.1, -0.05) is 13.3 Å². The van der Waals surface area contributed by atoms with Gasteiger partial charge in [-0.25, -0.2) is 4.98 Å². The molecule has 0 atom stereocenters. The molecule has 1 heterocycles. The van der Waals surface area contributed by atoms with Crippen LogP contribution < -0.4 is 5.62 Å². The number of rotatable bonds is 2. The summed E-state index contributed by atoms with van der Waals surface area (Å²) in [5.41, 5.74) is 3.80. The Labute approximate surface area is 79.0 Å². The Morgan fingerprint density at radius 2 is 2.00 bits per heavy atom. The number of nitrogens with zero attached hydrogens (tertiary/aromatic N) is 2. The van der Waals surface area contributed by atoms with Crippen LogP contribution in [0.3, 0.4) is 0 Å². The number of nitrogens with one attached hydrogen (secondary N) is 1. The smallest absolute Gasteiger partial charge is 0.222 e. The fraction of sp³-hybridized carbons (Fsp3) is 0.600. The molecule has 0 amide bonds. The van der Waals surface area contributed by atoms with Crippen molar-refractivity contribution in [3.63, 3.8) is 0 Å². The maximum atomic E-state index is 7.58. The van der Waals surface area contributed by atoms with Crippen LogP contribution in [0.4, 0.5) is 0 Å². The minimum absolute atomic E-state index is 0.342. The SMILES string of the molecule is CCCc1c(C)nc(=N)n(C)c1C. The monoisotopic (exact) mass is 179 g/mol. The molecule has 0 aliphatic carbocycles. The van der Waals surface area contributed by atoms with E-state index >= 15 is 0 Å². The molecule has 3 nitrogen and oxygen atoms in total. The van der Waals surface area contributed by atoms with Crippen molar-refractivity contribution in [2.45, 2.75) is 33.6 Å². The minimum Gasteiger partial charge on any atom is -0.318 e. The summed E-state index contributed by atoms with van der Waals surface area (Å²) in [6, 6.07) is 0. The first-order valence-corrected chi connectivity index (χ1v) is 4.65. The minimum atomic E-state index is 0.342. The molecule has 72 valence electrons. The van der Waals surface area contributed by atoms with Crippen LogP contribution >= 0.6 is 0 Å². The van der Waals surface area contributed by atoms with E-state index in [0.29, 0.717) is 5.62 Å². The van der Waals surface area contributed by atoms with Crippen LogP contribution in [-0.4, -0.2) is 9.55 Å². The molecule has 0 fully saturated rings. The van der Waals surface area contributed by atoms with Crippen LogP contribution in [0.5, 0.6) is 0 Å². The van der Waals surface area contributed by atoms with E-state index in [1.54, 1.807) is 0 Å². The van der Waals surface area contributed by atoms with Crippen LogP contribution in [0.15, 0.2) is 0 Å². The molecule has 1 aromatic heterocycles. The van der Waals surface area contributed by atoms with Gasteiger partial charge in [0.1, 0.15) is 0 Å². The molecular weight excluding hydrogens is 162 g/mol. The standard InChI is InChI=1S/C10H17N3/c1-5-6-9-7(2)12-10(11)13(4)8(9)3/h11H,5-6H2,1-4H3.